The first-order valence-corrected chi connectivity index (χ1v) is 4.37. The minimum Gasteiger partial charge on any atom is -0.497 e. The molecule has 1 heterocycles. The number of rotatable bonds is 3. The summed E-state index contributed by atoms with van der Waals surface area (Å²) in [6.07, 6.45) is 0. The van der Waals surface area contributed by atoms with Crippen LogP contribution in [0.3, 0.4) is 0 Å². The number of methoxy groups -OCH3 is 1. The molecule has 13 heavy (non-hydrogen) atoms. The standard InChI is InChI=1S/C10H13NO2/c1-12-10-4-2-3-8(5-10)11-9-6-13-7-9/h2-5,9,11H,6-7H2,1H3. The highest BCUT2D eigenvalue weighted by atomic mass is 16.5. The summed E-state index contributed by atoms with van der Waals surface area (Å²) in [6, 6.07) is 8.38. The number of benzene rings is 1. The van der Waals surface area contributed by atoms with Crippen molar-refractivity contribution in [2.75, 3.05) is 25.6 Å². The minimum absolute atomic E-state index is 0.465. The fourth-order valence-corrected chi connectivity index (χ4v) is 1.27. The fraction of sp³-hybridized carbons (Fsp3) is 0.400. The topological polar surface area (TPSA) is 30.5 Å². The van der Waals surface area contributed by atoms with Crippen LogP contribution in [0.4, 0.5) is 5.69 Å². The van der Waals surface area contributed by atoms with E-state index in [1.807, 2.05) is 24.3 Å². The number of hydrogen-bond donors (Lipinski definition) is 1. The average Bonchev–Trinajstić information content (AvgIpc) is 2.12. The van der Waals surface area contributed by atoms with Gasteiger partial charge in [-0.25, -0.2) is 0 Å². The highest BCUT2D eigenvalue weighted by Crippen LogP contribution is 2.18. The molecular formula is C10H13NO2. The van der Waals surface area contributed by atoms with Gasteiger partial charge < -0.3 is 14.8 Å². The van der Waals surface area contributed by atoms with Crippen LogP contribution < -0.4 is 10.1 Å². The van der Waals surface area contributed by atoms with Crippen LogP contribution in [-0.2, 0) is 4.74 Å². The quantitative estimate of drug-likeness (QED) is 0.762. The second-order valence-corrected chi connectivity index (χ2v) is 3.11. The van der Waals surface area contributed by atoms with E-state index >= 15 is 0 Å². The summed E-state index contributed by atoms with van der Waals surface area (Å²) in [5.74, 6) is 0.880. The molecule has 1 saturated heterocycles. The SMILES string of the molecule is COc1cccc(NC2COC2)c1. The maximum absolute atomic E-state index is 5.12. The first-order chi connectivity index (χ1) is 6.38. The Kier molecular flexibility index (Phi) is 2.36. The Balaban J connectivity index is 2.01. The Morgan fingerprint density at radius 3 is 2.92 bits per heavy atom. The predicted octanol–water partition coefficient (Wildman–Crippen LogP) is 1.51. The van der Waals surface area contributed by atoms with Crippen LogP contribution in [0.1, 0.15) is 0 Å². The lowest BCUT2D eigenvalue weighted by molar-refractivity contribution is 0.0211. The van der Waals surface area contributed by atoms with Crippen molar-refractivity contribution in [3.8, 4) is 5.75 Å². The van der Waals surface area contributed by atoms with Crippen molar-refractivity contribution >= 4 is 5.69 Å². The van der Waals surface area contributed by atoms with Crippen molar-refractivity contribution in [1.29, 1.82) is 0 Å². The van der Waals surface area contributed by atoms with E-state index in [4.69, 9.17) is 9.47 Å². The van der Waals surface area contributed by atoms with E-state index in [2.05, 4.69) is 5.32 Å². The first-order valence-electron chi connectivity index (χ1n) is 4.37. The van der Waals surface area contributed by atoms with Crippen LogP contribution in [0.2, 0.25) is 0 Å². The molecule has 0 spiro atoms. The van der Waals surface area contributed by atoms with Gasteiger partial charge in [0.2, 0.25) is 0 Å². The molecule has 0 atom stereocenters. The largest absolute Gasteiger partial charge is 0.497 e. The van der Waals surface area contributed by atoms with E-state index in [-0.39, 0.29) is 0 Å². The van der Waals surface area contributed by atoms with Gasteiger partial charge in [-0.2, -0.15) is 0 Å². The maximum atomic E-state index is 5.12. The summed E-state index contributed by atoms with van der Waals surface area (Å²) >= 11 is 0. The molecule has 3 nitrogen and oxygen atoms in total. The maximum Gasteiger partial charge on any atom is 0.120 e. The van der Waals surface area contributed by atoms with Gasteiger partial charge in [0, 0.05) is 11.8 Å². The third-order valence-electron chi connectivity index (χ3n) is 2.08. The summed E-state index contributed by atoms with van der Waals surface area (Å²) in [5, 5.41) is 3.35. The molecule has 3 heteroatoms. The van der Waals surface area contributed by atoms with Crippen molar-refractivity contribution in [2.24, 2.45) is 0 Å². The molecule has 2 rings (SSSR count). The summed E-state index contributed by atoms with van der Waals surface area (Å²) < 4.78 is 10.2. The molecule has 0 unspecified atom stereocenters. The van der Waals surface area contributed by atoms with Gasteiger partial charge in [0.1, 0.15) is 5.75 Å². The lowest BCUT2D eigenvalue weighted by Crippen LogP contribution is -2.40. The average molecular weight is 179 g/mol. The molecule has 0 aromatic heterocycles. The number of hydrogen-bond acceptors (Lipinski definition) is 3. The Labute approximate surface area is 77.7 Å². The monoisotopic (exact) mass is 179 g/mol. The zero-order valence-electron chi connectivity index (χ0n) is 7.62. The molecule has 0 saturated carbocycles. The van der Waals surface area contributed by atoms with E-state index in [0.717, 1.165) is 24.7 Å². The number of anilines is 1. The smallest absolute Gasteiger partial charge is 0.120 e. The Bertz CT molecular complexity index is 284. The Morgan fingerprint density at radius 1 is 1.46 bits per heavy atom. The second kappa shape index (κ2) is 3.66. The lowest BCUT2D eigenvalue weighted by atomic mass is 10.2. The molecule has 1 aliphatic rings. The van der Waals surface area contributed by atoms with Crippen LogP contribution in [0.25, 0.3) is 0 Å². The lowest BCUT2D eigenvalue weighted by Gasteiger charge is -2.27. The van der Waals surface area contributed by atoms with E-state index in [1.54, 1.807) is 7.11 Å². The van der Waals surface area contributed by atoms with Crippen molar-refractivity contribution in [2.45, 2.75) is 6.04 Å². The normalized spacial score (nSPS) is 16.4. The van der Waals surface area contributed by atoms with Gasteiger partial charge in [-0.1, -0.05) is 6.07 Å². The van der Waals surface area contributed by atoms with Crippen LogP contribution in [0, 0.1) is 0 Å². The van der Waals surface area contributed by atoms with Crippen LogP contribution >= 0.6 is 0 Å². The van der Waals surface area contributed by atoms with E-state index in [0.29, 0.717) is 6.04 Å². The van der Waals surface area contributed by atoms with Crippen molar-refractivity contribution in [3.63, 3.8) is 0 Å². The van der Waals surface area contributed by atoms with Gasteiger partial charge in [0.05, 0.1) is 26.4 Å². The molecule has 1 aliphatic heterocycles. The third-order valence-corrected chi connectivity index (χ3v) is 2.08. The Hall–Kier alpha value is -1.22. The van der Waals surface area contributed by atoms with Gasteiger partial charge in [-0.05, 0) is 12.1 Å². The molecule has 0 radical (unpaired) electrons. The molecule has 1 fully saturated rings. The summed E-state index contributed by atoms with van der Waals surface area (Å²) in [6.45, 7) is 1.61. The molecule has 0 bridgehead atoms. The van der Waals surface area contributed by atoms with Gasteiger partial charge >= 0.3 is 0 Å². The minimum atomic E-state index is 0.465. The number of nitrogens with one attached hydrogen (secondary N) is 1. The molecule has 0 aliphatic carbocycles. The zero-order chi connectivity index (χ0) is 9.10. The first kappa shape index (κ1) is 8.38. The second-order valence-electron chi connectivity index (χ2n) is 3.11. The molecule has 1 N–H and O–H groups in total. The van der Waals surface area contributed by atoms with Gasteiger partial charge in [-0.3, -0.25) is 0 Å². The predicted molar refractivity (Wildman–Crippen MR) is 51.2 cm³/mol. The van der Waals surface area contributed by atoms with Crippen LogP contribution in [0.5, 0.6) is 5.75 Å². The van der Waals surface area contributed by atoms with Crippen molar-refractivity contribution in [1.82, 2.24) is 0 Å². The van der Waals surface area contributed by atoms with Gasteiger partial charge in [0.15, 0.2) is 0 Å². The highest BCUT2D eigenvalue weighted by molar-refractivity contribution is 5.49. The highest BCUT2D eigenvalue weighted by Gasteiger charge is 2.17. The van der Waals surface area contributed by atoms with E-state index < -0.39 is 0 Å². The molecular weight excluding hydrogens is 166 g/mol. The summed E-state index contributed by atoms with van der Waals surface area (Å²) in [7, 11) is 1.67. The van der Waals surface area contributed by atoms with Crippen LogP contribution in [0.15, 0.2) is 24.3 Å². The van der Waals surface area contributed by atoms with E-state index in [1.165, 1.54) is 0 Å². The third kappa shape index (κ3) is 1.92. The molecule has 70 valence electrons. The van der Waals surface area contributed by atoms with Crippen molar-refractivity contribution in [3.05, 3.63) is 24.3 Å². The summed E-state index contributed by atoms with van der Waals surface area (Å²) in [5.41, 5.74) is 1.09. The van der Waals surface area contributed by atoms with Gasteiger partial charge in [0.25, 0.3) is 0 Å². The fourth-order valence-electron chi connectivity index (χ4n) is 1.27. The summed E-state index contributed by atoms with van der Waals surface area (Å²) in [4.78, 5) is 0. The van der Waals surface area contributed by atoms with E-state index in [9.17, 15) is 0 Å². The zero-order valence-corrected chi connectivity index (χ0v) is 7.62. The van der Waals surface area contributed by atoms with Gasteiger partial charge in [-0.15, -0.1) is 0 Å². The van der Waals surface area contributed by atoms with Crippen LogP contribution in [-0.4, -0.2) is 26.4 Å². The molecule has 1 aromatic carbocycles. The van der Waals surface area contributed by atoms with Crippen molar-refractivity contribution < 1.29 is 9.47 Å². The molecule has 0 amide bonds. The molecule has 1 aromatic rings. The number of ether oxygens (including phenoxy) is 2. The Morgan fingerprint density at radius 2 is 2.31 bits per heavy atom.